The van der Waals surface area contributed by atoms with Gasteiger partial charge in [-0.3, -0.25) is 0 Å². The standard InChI is InChI=1S/C12H12Cl2N4O2/c1-6(2)19-11-16-10(15)17-12(18-11)20-7-3-4-8(13)9(14)5-7/h3-6H,1-2H3,(H2,15,16,17,18). The highest BCUT2D eigenvalue weighted by atomic mass is 35.5. The van der Waals surface area contributed by atoms with Crippen molar-refractivity contribution in [2.45, 2.75) is 20.0 Å². The maximum absolute atomic E-state index is 5.90. The first-order chi connectivity index (χ1) is 9.44. The van der Waals surface area contributed by atoms with Crippen molar-refractivity contribution >= 4 is 29.2 Å². The molecule has 6 nitrogen and oxygen atoms in total. The van der Waals surface area contributed by atoms with Crippen LogP contribution >= 0.6 is 23.2 Å². The van der Waals surface area contributed by atoms with Gasteiger partial charge in [-0.05, 0) is 26.0 Å². The van der Waals surface area contributed by atoms with Crippen LogP contribution in [0.4, 0.5) is 5.95 Å². The number of nitrogens with two attached hydrogens (primary N) is 1. The molecular formula is C12H12Cl2N4O2. The summed E-state index contributed by atoms with van der Waals surface area (Å²) < 4.78 is 10.8. The van der Waals surface area contributed by atoms with E-state index in [4.69, 9.17) is 38.4 Å². The molecule has 0 aliphatic carbocycles. The van der Waals surface area contributed by atoms with E-state index in [-0.39, 0.29) is 24.1 Å². The molecule has 0 fully saturated rings. The fraction of sp³-hybridized carbons (Fsp3) is 0.250. The molecule has 2 aromatic rings. The predicted octanol–water partition coefficient (Wildman–Crippen LogP) is 3.34. The van der Waals surface area contributed by atoms with Crippen molar-refractivity contribution < 1.29 is 9.47 Å². The quantitative estimate of drug-likeness (QED) is 0.931. The summed E-state index contributed by atoms with van der Waals surface area (Å²) in [4.78, 5) is 11.7. The lowest BCUT2D eigenvalue weighted by atomic mass is 10.3. The molecule has 2 rings (SSSR count). The van der Waals surface area contributed by atoms with E-state index >= 15 is 0 Å². The normalized spacial score (nSPS) is 10.7. The first-order valence-corrected chi connectivity index (χ1v) is 6.51. The average Bonchev–Trinajstić information content (AvgIpc) is 2.32. The molecule has 2 N–H and O–H groups in total. The summed E-state index contributed by atoms with van der Waals surface area (Å²) in [5.74, 6) is 0.436. The molecule has 8 heteroatoms. The number of aromatic nitrogens is 3. The van der Waals surface area contributed by atoms with E-state index in [2.05, 4.69) is 15.0 Å². The van der Waals surface area contributed by atoms with Crippen LogP contribution in [0.5, 0.6) is 17.8 Å². The van der Waals surface area contributed by atoms with E-state index in [0.717, 1.165) is 0 Å². The van der Waals surface area contributed by atoms with Crippen LogP contribution < -0.4 is 15.2 Å². The van der Waals surface area contributed by atoms with Crippen LogP contribution in [0.15, 0.2) is 18.2 Å². The summed E-state index contributed by atoms with van der Waals surface area (Å²) in [5, 5.41) is 0.794. The van der Waals surface area contributed by atoms with Crippen LogP contribution in [0.1, 0.15) is 13.8 Å². The zero-order valence-corrected chi connectivity index (χ0v) is 12.3. The van der Waals surface area contributed by atoms with E-state index in [1.165, 1.54) is 0 Å². The largest absolute Gasteiger partial charge is 0.461 e. The number of ether oxygens (including phenoxy) is 2. The second-order valence-electron chi connectivity index (χ2n) is 4.10. The highest BCUT2D eigenvalue weighted by Gasteiger charge is 2.10. The summed E-state index contributed by atoms with van der Waals surface area (Å²) in [5.41, 5.74) is 5.57. The number of rotatable bonds is 4. The number of anilines is 1. The van der Waals surface area contributed by atoms with Gasteiger partial charge in [0, 0.05) is 6.07 Å². The molecular weight excluding hydrogens is 303 g/mol. The maximum Gasteiger partial charge on any atom is 0.330 e. The maximum atomic E-state index is 5.90. The van der Waals surface area contributed by atoms with Crippen molar-refractivity contribution in [2.24, 2.45) is 0 Å². The minimum Gasteiger partial charge on any atom is -0.461 e. The molecule has 0 radical (unpaired) electrons. The van der Waals surface area contributed by atoms with Crippen LogP contribution in [0, 0.1) is 0 Å². The molecule has 0 amide bonds. The van der Waals surface area contributed by atoms with Crippen LogP contribution in [0.2, 0.25) is 10.0 Å². The molecule has 0 unspecified atom stereocenters. The van der Waals surface area contributed by atoms with E-state index in [9.17, 15) is 0 Å². The van der Waals surface area contributed by atoms with Crippen molar-refractivity contribution in [3.8, 4) is 17.8 Å². The van der Waals surface area contributed by atoms with Gasteiger partial charge < -0.3 is 15.2 Å². The van der Waals surface area contributed by atoms with Crippen LogP contribution in [-0.2, 0) is 0 Å². The Balaban J connectivity index is 2.24. The van der Waals surface area contributed by atoms with Gasteiger partial charge in [-0.1, -0.05) is 23.2 Å². The summed E-state index contributed by atoms with van der Waals surface area (Å²) in [6.45, 7) is 3.69. The fourth-order valence-electron chi connectivity index (χ4n) is 1.31. The van der Waals surface area contributed by atoms with Crippen molar-refractivity contribution in [3.05, 3.63) is 28.2 Å². The topological polar surface area (TPSA) is 83.2 Å². The number of nitrogens with zero attached hydrogens (tertiary/aromatic N) is 3. The molecule has 0 aliphatic heterocycles. The van der Waals surface area contributed by atoms with Gasteiger partial charge in [0.2, 0.25) is 5.95 Å². The number of hydrogen-bond acceptors (Lipinski definition) is 6. The zero-order valence-electron chi connectivity index (χ0n) is 10.8. The smallest absolute Gasteiger partial charge is 0.330 e. The molecule has 0 spiro atoms. The zero-order chi connectivity index (χ0) is 14.7. The van der Waals surface area contributed by atoms with Crippen molar-refractivity contribution in [1.29, 1.82) is 0 Å². The summed E-state index contributed by atoms with van der Waals surface area (Å²) >= 11 is 11.7. The van der Waals surface area contributed by atoms with Gasteiger partial charge >= 0.3 is 12.0 Å². The van der Waals surface area contributed by atoms with E-state index in [1.807, 2.05) is 13.8 Å². The summed E-state index contributed by atoms with van der Waals surface area (Å²) in [7, 11) is 0. The van der Waals surface area contributed by atoms with Gasteiger partial charge in [0.1, 0.15) is 5.75 Å². The Kier molecular flexibility index (Phi) is 4.46. The highest BCUT2D eigenvalue weighted by Crippen LogP contribution is 2.28. The molecule has 0 saturated carbocycles. The fourth-order valence-corrected chi connectivity index (χ4v) is 1.60. The molecule has 1 aromatic heterocycles. The first kappa shape index (κ1) is 14.6. The Morgan fingerprint density at radius 1 is 1.05 bits per heavy atom. The number of hydrogen-bond donors (Lipinski definition) is 1. The number of nitrogen functional groups attached to an aromatic ring is 1. The molecule has 20 heavy (non-hydrogen) atoms. The molecule has 0 saturated heterocycles. The summed E-state index contributed by atoms with van der Waals surface area (Å²) in [6.07, 6.45) is -0.0883. The van der Waals surface area contributed by atoms with Crippen LogP contribution in [-0.4, -0.2) is 21.1 Å². The molecule has 0 bridgehead atoms. The van der Waals surface area contributed by atoms with Crippen LogP contribution in [0.3, 0.4) is 0 Å². The molecule has 1 aromatic carbocycles. The first-order valence-electron chi connectivity index (χ1n) is 5.75. The van der Waals surface area contributed by atoms with Crippen molar-refractivity contribution in [2.75, 3.05) is 5.73 Å². The Morgan fingerprint density at radius 3 is 2.40 bits per heavy atom. The monoisotopic (exact) mass is 314 g/mol. The minimum atomic E-state index is -0.0883. The Morgan fingerprint density at radius 2 is 1.75 bits per heavy atom. The minimum absolute atomic E-state index is 0.00529. The third-order valence-electron chi connectivity index (χ3n) is 2.05. The van der Waals surface area contributed by atoms with Gasteiger partial charge in [-0.25, -0.2) is 0 Å². The molecule has 0 atom stereocenters. The predicted molar refractivity (Wildman–Crippen MR) is 76.5 cm³/mol. The van der Waals surface area contributed by atoms with Gasteiger partial charge in [-0.15, -0.1) is 4.98 Å². The van der Waals surface area contributed by atoms with Crippen molar-refractivity contribution in [3.63, 3.8) is 0 Å². The van der Waals surface area contributed by atoms with Crippen molar-refractivity contribution in [1.82, 2.24) is 15.0 Å². The van der Waals surface area contributed by atoms with E-state index < -0.39 is 0 Å². The second-order valence-corrected chi connectivity index (χ2v) is 4.92. The molecule has 0 aliphatic rings. The number of halogens is 2. The van der Waals surface area contributed by atoms with Gasteiger partial charge in [-0.2, -0.15) is 9.97 Å². The van der Waals surface area contributed by atoms with Crippen LogP contribution in [0.25, 0.3) is 0 Å². The second kappa shape index (κ2) is 6.11. The van der Waals surface area contributed by atoms with E-state index in [1.54, 1.807) is 18.2 Å². The average molecular weight is 315 g/mol. The van der Waals surface area contributed by atoms with Gasteiger partial charge in [0.05, 0.1) is 16.1 Å². The Hall–Kier alpha value is -1.79. The Bertz CT molecular complexity index is 622. The lowest BCUT2D eigenvalue weighted by Crippen LogP contribution is -2.10. The van der Waals surface area contributed by atoms with Gasteiger partial charge in [0.25, 0.3) is 0 Å². The molecule has 1 heterocycles. The molecule has 106 valence electrons. The lowest BCUT2D eigenvalue weighted by molar-refractivity contribution is 0.219. The highest BCUT2D eigenvalue weighted by molar-refractivity contribution is 6.42. The third-order valence-corrected chi connectivity index (χ3v) is 2.79. The SMILES string of the molecule is CC(C)Oc1nc(N)nc(Oc2ccc(Cl)c(Cl)c2)n1. The van der Waals surface area contributed by atoms with E-state index in [0.29, 0.717) is 15.8 Å². The summed E-state index contributed by atoms with van der Waals surface area (Å²) in [6, 6.07) is 4.91. The Labute approximate surface area is 125 Å². The third kappa shape index (κ3) is 3.85. The number of benzene rings is 1. The van der Waals surface area contributed by atoms with Gasteiger partial charge in [0.15, 0.2) is 0 Å². The lowest BCUT2D eigenvalue weighted by Gasteiger charge is -2.09.